The summed E-state index contributed by atoms with van der Waals surface area (Å²) < 4.78 is 4.99. The molecule has 1 atom stereocenters. The molecule has 0 aliphatic rings. The van der Waals surface area contributed by atoms with Crippen molar-refractivity contribution in [3.63, 3.8) is 0 Å². The monoisotopic (exact) mass is 189 g/mol. The molecule has 0 amide bonds. The lowest BCUT2D eigenvalue weighted by atomic mass is 10.1. The summed E-state index contributed by atoms with van der Waals surface area (Å²) >= 11 is 0. The third-order valence-corrected chi connectivity index (χ3v) is 1.81. The molecule has 0 aliphatic heterocycles. The Hall–Kier alpha value is -0.610. The van der Waals surface area contributed by atoms with Gasteiger partial charge in [0.1, 0.15) is 0 Å². The highest BCUT2D eigenvalue weighted by molar-refractivity contribution is 5.69. The van der Waals surface area contributed by atoms with Crippen LogP contribution >= 0.6 is 0 Å². The van der Waals surface area contributed by atoms with E-state index in [1.165, 1.54) is 0 Å². The lowest BCUT2D eigenvalue weighted by molar-refractivity contribution is -0.141. The van der Waals surface area contributed by atoms with E-state index in [-0.39, 0.29) is 11.5 Å². The minimum atomic E-state index is -0.777. The summed E-state index contributed by atoms with van der Waals surface area (Å²) in [7, 11) is 1.63. The first-order chi connectivity index (χ1) is 5.89. The molecule has 0 heterocycles. The molecule has 4 heteroatoms. The van der Waals surface area contributed by atoms with Crippen LogP contribution in [0.5, 0.6) is 0 Å². The molecule has 0 aliphatic carbocycles. The number of carboxylic acids is 1. The second-order valence-electron chi connectivity index (χ2n) is 3.94. The molecule has 1 unspecified atom stereocenters. The number of hydrogen-bond donors (Lipinski definition) is 2. The second kappa shape index (κ2) is 5.19. The minimum absolute atomic E-state index is 0.168. The summed E-state index contributed by atoms with van der Waals surface area (Å²) in [5, 5.41) is 11.8. The van der Waals surface area contributed by atoms with Gasteiger partial charge in [0, 0.05) is 19.2 Å². The molecule has 0 rings (SSSR count). The predicted octanol–water partition coefficient (Wildman–Crippen LogP) is 0.722. The molecule has 2 N–H and O–H groups in total. The predicted molar refractivity (Wildman–Crippen MR) is 50.8 cm³/mol. The average molecular weight is 189 g/mol. The van der Waals surface area contributed by atoms with Crippen molar-refractivity contribution in [3.05, 3.63) is 0 Å². The lowest BCUT2D eigenvalue weighted by Gasteiger charge is -2.26. The van der Waals surface area contributed by atoms with E-state index >= 15 is 0 Å². The molecule has 0 saturated carbocycles. The van der Waals surface area contributed by atoms with Crippen molar-refractivity contribution >= 4 is 5.97 Å². The van der Waals surface area contributed by atoms with Gasteiger partial charge in [-0.1, -0.05) is 6.92 Å². The number of methoxy groups -OCH3 is 1. The Balaban J connectivity index is 3.80. The molecule has 0 aromatic carbocycles. The Kier molecular flexibility index (Phi) is 4.95. The molecule has 0 aromatic rings. The van der Waals surface area contributed by atoms with Gasteiger partial charge in [-0.25, -0.2) is 0 Å². The average Bonchev–Trinajstić information content (AvgIpc) is 2.00. The van der Waals surface area contributed by atoms with Crippen molar-refractivity contribution in [3.8, 4) is 0 Å². The van der Waals surface area contributed by atoms with E-state index in [9.17, 15) is 4.79 Å². The van der Waals surface area contributed by atoms with E-state index in [0.717, 1.165) is 0 Å². The Labute approximate surface area is 79.3 Å². The van der Waals surface area contributed by atoms with Crippen molar-refractivity contribution < 1.29 is 14.6 Å². The number of aliphatic carboxylic acids is 1. The fraction of sp³-hybridized carbons (Fsp3) is 0.889. The van der Waals surface area contributed by atoms with Gasteiger partial charge >= 0.3 is 5.97 Å². The molecular weight excluding hydrogens is 170 g/mol. The van der Waals surface area contributed by atoms with E-state index in [2.05, 4.69) is 5.32 Å². The highest BCUT2D eigenvalue weighted by atomic mass is 16.5. The van der Waals surface area contributed by atoms with Gasteiger partial charge in [-0.05, 0) is 13.8 Å². The van der Waals surface area contributed by atoms with E-state index in [0.29, 0.717) is 13.2 Å². The fourth-order valence-electron chi connectivity index (χ4n) is 0.929. The van der Waals surface area contributed by atoms with Crippen molar-refractivity contribution in [2.45, 2.75) is 26.3 Å². The smallest absolute Gasteiger partial charge is 0.307 e. The number of carbonyl (C=O) groups is 1. The van der Waals surface area contributed by atoms with Crippen LogP contribution in [0.1, 0.15) is 20.8 Å². The summed E-state index contributed by atoms with van der Waals surface area (Å²) in [6, 6.07) is 0. The van der Waals surface area contributed by atoms with Gasteiger partial charge in [0.25, 0.3) is 0 Å². The van der Waals surface area contributed by atoms with Crippen LogP contribution in [0.3, 0.4) is 0 Å². The van der Waals surface area contributed by atoms with E-state index in [1.54, 1.807) is 14.0 Å². The summed E-state index contributed by atoms with van der Waals surface area (Å²) in [5.41, 5.74) is -0.168. The van der Waals surface area contributed by atoms with Crippen molar-refractivity contribution in [1.29, 1.82) is 0 Å². The van der Waals surface area contributed by atoms with Gasteiger partial charge in [0.05, 0.1) is 12.5 Å². The second-order valence-corrected chi connectivity index (χ2v) is 3.94. The quantitative estimate of drug-likeness (QED) is 0.646. The van der Waals surface area contributed by atoms with Crippen LogP contribution in [0, 0.1) is 5.92 Å². The minimum Gasteiger partial charge on any atom is -0.481 e. The van der Waals surface area contributed by atoms with Crippen LogP contribution in [0.15, 0.2) is 0 Å². The lowest BCUT2D eigenvalue weighted by Crippen LogP contribution is -2.46. The van der Waals surface area contributed by atoms with Crippen LogP contribution in [0.25, 0.3) is 0 Å². The van der Waals surface area contributed by atoms with E-state index < -0.39 is 5.97 Å². The van der Waals surface area contributed by atoms with Gasteiger partial charge in [0.15, 0.2) is 0 Å². The van der Waals surface area contributed by atoms with Crippen molar-refractivity contribution in [1.82, 2.24) is 5.32 Å². The summed E-state index contributed by atoms with van der Waals surface area (Å²) in [6.45, 7) is 6.67. The van der Waals surface area contributed by atoms with Gasteiger partial charge in [-0.15, -0.1) is 0 Å². The standard InChI is InChI=1S/C9H19NO3/c1-7(8(11)12)5-10-9(2,3)6-13-4/h7,10H,5-6H2,1-4H3,(H,11,12). The number of rotatable bonds is 6. The van der Waals surface area contributed by atoms with E-state index in [4.69, 9.17) is 9.84 Å². The van der Waals surface area contributed by atoms with Crippen LogP contribution < -0.4 is 5.32 Å². The number of ether oxygens (including phenoxy) is 1. The molecule has 13 heavy (non-hydrogen) atoms. The maximum atomic E-state index is 10.5. The molecule has 0 spiro atoms. The van der Waals surface area contributed by atoms with Gasteiger partial charge in [-0.3, -0.25) is 4.79 Å². The Morgan fingerprint density at radius 2 is 2.15 bits per heavy atom. The number of hydrogen-bond acceptors (Lipinski definition) is 3. The maximum Gasteiger partial charge on any atom is 0.307 e. The van der Waals surface area contributed by atoms with Crippen molar-refractivity contribution in [2.75, 3.05) is 20.3 Å². The molecule has 0 fully saturated rings. The first-order valence-electron chi connectivity index (χ1n) is 4.36. The SMILES string of the molecule is COCC(C)(C)NCC(C)C(=O)O. The zero-order valence-electron chi connectivity index (χ0n) is 8.76. The Bertz CT molecular complexity index is 168. The van der Waals surface area contributed by atoms with Gasteiger partial charge in [0.2, 0.25) is 0 Å². The largest absolute Gasteiger partial charge is 0.481 e. The van der Waals surface area contributed by atoms with Crippen LogP contribution in [-0.4, -0.2) is 36.9 Å². The first kappa shape index (κ1) is 12.4. The van der Waals surface area contributed by atoms with E-state index in [1.807, 2.05) is 13.8 Å². The molecule has 0 saturated heterocycles. The summed E-state index contributed by atoms with van der Waals surface area (Å²) in [4.78, 5) is 10.5. The Morgan fingerprint density at radius 3 is 2.54 bits per heavy atom. The van der Waals surface area contributed by atoms with Gasteiger partial charge < -0.3 is 15.2 Å². The molecule has 78 valence electrons. The topological polar surface area (TPSA) is 58.6 Å². The number of nitrogens with one attached hydrogen (secondary N) is 1. The molecule has 4 nitrogen and oxygen atoms in total. The van der Waals surface area contributed by atoms with Crippen LogP contribution in [0.4, 0.5) is 0 Å². The zero-order valence-corrected chi connectivity index (χ0v) is 8.76. The maximum absolute atomic E-state index is 10.5. The highest BCUT2D eigenvalue weighted by Crippen LogP contribution is 2.03. The van der Waals surface area contributed by atoms with Crippen LogP contribution in [0.2, 0.25) is 0 Å². The molecule has 0 radical (unpaired) electrons. The summed E-state index contributed by atoms with van der Waals surface area (Å²) in [6.07, 6.45) is 0. The third kappa shape index (κ3) is 5.60. The summed E-state index contributed by atoms with van der Waals surface area (Å²) in [5.74, 6) is -1.14. The fourth-order valence-corrected chi connectivity index (χ4v) is 0.929. The van der Waals surface area contributed by atoms with Crippen LogP contribution in [-0.2, 0) is 9.53 Å². The molecule has 0 bridgehead atoms. The first-order valence-corrected chi connectivity index (χ1v) is 4.36. The highest BCUT2D eigenvalue weighted by Gasteiger charge is 2.19. The normalized spacial score (nSPS) is 14.2. The zero-order chi connectivity index (χ0) is 10.5. The number of carboxylic acid groups (broad SMARTS) is 1. The van der Waals surface area contributed by atoms with Crippen molar-refractivity contribution in [2.24, 2.45) is 5.92 Å². The molecule has 0 aromatic heterocycles. The van der Waals surface area contributed by atoms with Gasteiger partial charge in [-0.2, -0.15) is 0 Å². The molecular formula is C9H19NO3. The third-order valence-electron chi connectivity index (χ3n) is 1.81. The Morgan fingerprint density at radius 1 is 1.62 bits per heavy atom.